The molecule has 0 aliphatic carbocycles. The molecule has 0 bridgehead atoms. The van der Waals surface area contributed by atoms with Gasteiger partial charge < -0.3 is 4.90 Å². The third kappa shape index (κ3) is 4.54. The molecule has 1 nitrogen and oxygen atoms in total. The summed E-state index contributed by atoms with van der Waals surface area (Å²) in [6.07, 6.45) is 0. The monoisotopic (exact) mass is 603 g/mol. The Kier molecular flexibility index (Phi) is 6.40. The fourth-order valence-corrected chi connectivity index (χ4v) is 8.00. The van der Waals surface area contributed by atoms with Crippen LogP contribution in [0.15, 0.2) is 176 Å². The van der Waals surface area contributed by atoms with Crippen LogP contribution in [0, 0.1) is 0 Å². The number of anilines is 3. The van der Waals surface area contributed by atoms with Gasteiger partial charge in [0.1, 0.15) is 0 Å². The standard InChI is InChI=1S/C44H29NS/c1-2-11-30(12-3-1)32-23-25-37(26-24-32)45(38-17-10-16-34(28-38)35-22-21-31-13-4-5-14-33(31)27-35)41-29-36-15-6-7-18-39(36)43-40-19-8-9-20-42(40)46-44(41)43/h1-29H. The largest absolute Gasteiger partial charge is 0.309 e. The summed E-state index contributed by atoms with van der Waals surface area (Å²) in [4.78, 5) is 2.45. The molecule has 216 valence electrons. The van der Waals surface area contributed by atoms with E-state index in [2.05, 4.69) is 181 Å². The van der Waals surface area contributed by atoms with Crippen LogP contribution in [-0.4, -0.2) is 0 Å². The van der Waals surface area contributed by atoms with Crippen molar-refractivity contribution in [2.45, 2.75) is 0 Å². The fraction of sp³-hybridized carbons (Fsp3) is 0. The quantitative estimate of drug-likeness (QED) is 0.189. The van der Waals surface area contributed by atoms with Crippen molar-refractivity contribution in [1.29, 1.82) is 0 Å². The zero-order chi connectivity index (χ0) is 30.5. The predicted octanol–water partition coefficient (Wildman–Crippen LogP) is 13.2. The molecule has 0 N–H and O–H groups in total. The van der Waals surface area contributed by atoms with Gasteiger partial charge in [-0.2, -0.15) is 0 Å². The van der Waals surface area contributed by atoms with Crippen LogP contribution in [-0.2, 0) is 0 Å². The Bertz CT molecular complexity index is 2530. The highest BCUT2D eigenvalue weighted by Gasteiger charge is 2.21. The van der Waals surface area contributed by atoms with Gasteiger partial charge in [-0.05, 0) is 86.3 Å². The molecule has 0 aliphatic rings. The molecule has 1 heterocycles. The van der Waals surface area contributed by atoms with E-state index in [4.69, 9.17) is 0 Å². The lowest BCUT2D eigenvalue weighted by Crippen LogP contribution is -2.10. The van der Waals surface area contributed by atoms with Crippen LogP contribution < -0.4 is 4.90 Å². The summed E-state index contributed by atoms with van der Waals surface area (Å²) >= 11 is 1.88. The second-order valence-corrected chi connectivity index (χ2v) is 12.8. The summed E-state index contributed by atoms with van der Waals surface area (Å²) in [5, 5.41) is 7.68. The Morgan fingerprint density at radius 2 is 1.00 bits per heavy atom. The van der Waals surface area contributed by atoms with Gasteiger partial charge in [0.05, 0.1) is 10.4 Å². The molecule has 0 spiro atoms. The molecule has 0 aliphatic heterocycles. The highest BCUT2D eigenvalue weighted by atomic mass is 32.1. The smallest absolute Gasteiger partial charge is 0.0646 e. The van der Waals surface area contributed by atoms with E-state index in [1.165, 1.54) is 69.7 Å². The molecule has 1 aromatic heterocycles. The first kappa shape index (κ1) is 26.7. The van der Waals surface area contributed by atoms with Crippen molar-refractivity contribution >= 4 is 70.1 Å². The minimum atomic E-state index is 1.13. The average Bonchev–Trinajstić information content (AvgIpc) is 3.53. The van der Waals surface area contributed by atoms with Crippen LogP contribution in [0.5, 0.6) is 0 Å². The molecular weight excluding hydrogens is 575 g/mol. The summed E-state index contributed by atoms with van der Waals surface area (Å²) in [6.45, 7) is 0. The normalized spacial score (nSPS) is 11.5. The lowest BCUT2D eigenvalue weighted by molar-refractivity contribution is 1.30. The number of rotatable bonds is 5. The molecule has 0 atom stereocenters. The second-order valence-electron chi connectivity index (χ2n) is 11.8. The minimum absolute atomic E-state index is 1.13. The molecule has 0 amide bonds. The lowest BCUT2D eigenvalue weighted by Gasteiger charge is -2.27. The highest BCUT2D eigenvalue weighted by molar-refractivity contribution is 7.26. The molecule has 46 heavy (non-hydrogen) atoms. The molecule has 2 heteroatoms. The van der Waals surface area contributed by atoms with Gasteiger partial charge in [0.15, 0.2) is 0 Å². The van der Waals surface area contributed by atoms with E-state index in [1.54, 1.807) is 0 Å². The summed E-state index contributed by atoms with van der Waals surface area (Å²) in [5.74, 6) is 0. The SMILES string of the molecule is c1ccc(-c2ccc(N(c3cccc(-c4ccc5ccccc5c4)c3)c3cc4ccccc4c4c3sc3ccccc34)cc2)cc1. The van der Waals surface area contributed by atoms with Gasteiger partial charge in [-0.3, -0.25) is 0 Å². The van der Waals surface area contributed by atoms with Gasteiger partial charge >= 0.3 is 0 Å². The first-order chi connectivity index (χ1) is 22.8. The van der Waals surface area contributed by atoms with Crippen molar-refractivity contribution in [3.63, 3.8) is 0 Å². The Labute approximate surface area is 272 Å². The van der Waals surface area contributed by atoms with Crippen molar-refractivity contribution < 1.29 is 0 Å². The molecule has 9 rings (SSSR count). The number of fused-ring (bicyclic) bond motifs is 6. The first-order valence-electron chi connectivity index (χ1n) is 15.7. The Hall–Kier alpha value is -5.70. The maximum atomic E-state index is 2.45. The van der Waals surface area contributed by atoms with Crippen LogP contribution in [0.2, 0.25) is 0 Å². The summed E-state index contributed by atoms with van der Waals surface area (Å²) < 4.78 is 2.60. The topological polar surface area (TPSA) is 3.24 Å². The third-order valence-electron chi connectivity index (χ3n) is 9.01. The maximum absolute atomic E-state index is 2.45. The Morgan fingerprint density at radius 3 is 1.85 bits per heavy atom. The number of nitrogens with zero attached hydrogens (tertiary/aromatic N) is 1. The van der Waals surface area contributed by atoms with E-state index in [1.807, 2.05) is 11.3 Å². The van der Waals surface area contributed by atoms with Crippen LogP contribution in [0.4, 0.5) is 17.1 Å². The Morgan fingerprint density at radius 1 is 0.370 bits per heavy atom. The van der Waals surface area contributed by atoms with E-state index in [-0.39, 0.29) is 0 Å². The number of hydrogen-bond donors (Lipinski definition) is 0. The molecule has 9 aromatic rings. The number of benzene rings is 8. The Balaban J connectivity index is 1.29. The maximum Gasteiger partial charge on any atom is 0.0646 e. The van der Waals surface area contributed by atoms with Crippen molar-refractivity contribution in [1.82, 2.24) is 0 Å². The molecular formula is C44H29NS. The van der Waals surface area contributed by atoms with Crippen LogP contribution in [0.3, 0.4) is 0 Å². The van der Waals surface area contributed by atoms with Crippen molar-refractivity contribution in [3.8, 4) is 22.3 Å². The van der Waals surface area contributed by atoms with E-state index >= 15 is 0 Å². The first-order valence-corrected chi connectivity index (χ1v) is 16.5. The van der Waals surface area contributed by atoms with E-state index in [0.717, 1.165) is 11.4 Å². The zero-order valence-electron chi connectivity index (χ0n) is 25.1. The van der Waals surface area contributed by atoms with Gasteiger partial charge in [-0.1, -0.05) is 133 Å². The minimum Gasteiger partial charge on any atom is -0.309 e. The van der Waals surface area contributed by atoms with Crippen molar-refractivity contribution in [2.75, 3.05) is 4.90 Å². The average molecular weight is 604 g/mol. The summed E-state index contributed by atoms with van der Waals surface area (Å²) in [5.41, 5.74) is 8.29. The summed E-state index contributed by atoms with van der Waals surface area (Å²) in [7, 11) is 0. The van der Waals surface area contributed by atoms with E-state index in [9.17, 15) is 0 Å². The fourth-order valence-electron chi connectivity index (χ4n) is 6.78. The molecule has 0 saturated heterocycles. The predicted molar refractivity (Wildman–Crippen MR) is 200 cm³/mol. The molecule has 8 aromatic carbocycles. The van der Waals surface area contributed by atoms with Gasteiger partial charge in [-0.15, -0.1) is 11.3 Å². The number of thiophene rings is 1. The van der Waals surface area contributed by atoms with E-state index in [0.29, 0.717) is 0 Å². The lowest BCUT2D eigenvalue weighted by atomic mass is 9.99. The van der Waals surface area contributed by atoms with Gasteiger partial charge in [0, 0.05) is 26.8 Å². The van der Waals surface area contributed by atoms with Crippen LogP contribution >= 0.6 is 11.3 Å². The van der Waals surface area contributed by atoms with Gasteiger partial charge in [-0.25, -0.2) is 0 Å². The highest BCUT2D eigenvalue weighted by Crippen LogP contribution is 2.48. The van der Waals surface area contributed by atoms with Crippen LogP contribution in [0.25, 0.3) is 64.0 Å². The molecule has 0 saturated carbocycles. The number of hydrogen-bond acceptors (Lipinski definition) is 2. The zero-order valence-corrected chi connectivity index (χ0v) is 25.9. The van der Waals surface area contributed by atoms with Crippen molar-refractivity contribution in [3.05, 3.63) is 176 Å². The van der Waals surface area contributed by atoms with Gasteiger partial charge in [0.2, 0.25) is 0 Å². The molecule has 0 fully saturated rings. The van der Waals surface area contributed by atoms with Gasteiger partial charge in [0.25, 0.3) is 0 Å². The second kappa shape index (κ2) is 11.0. The van der Waals surface area contributed by atoms with Crippen LogP contribution in [0.1, 0.15) is 0 Å². The third-order valence-corrected chi connectivity index (χ3v) is 10.2. The van der Waals surface area contributed by atoms with Crippen molar-refractivity contribution in [2.24, 2.45) is 0 Å². The van der Waals surface area contributed by atoms with E-state index < -0.39 is 0 Å². The molecule has 0 radical (unpaired) electrons. The summed E-state index contributed by atoms with van der Waals surface area (Å²) in [6, 6.07) is 63.9. The molecule has 0 unspecified atom stereocenters.